The fraction of sp³-hybridized carbons (Fsp3) is 0.409. The Morgan fingerprint density at radius 3 is 2.88 bits per heavy atom. The number of amides is 1. The molecule has 11 heteroatoms. The monoisotopic (exact) mass is 461 g/mol. The Bertz CT molecular complexity index is 1020. The summed E-state index contributed by atoms with van der Waals surface area (Å²) in [5, 5.41) is 13.4. The molecule has 0 saturated carbocycles. The summed E-state index contributed by atoms with van der Waals surface area (Å²) in [6.45, 7) is 0.851. The fourth-order valence-electron chi connectivity index (χ4n) is 3.94. The number of ether oxygens (including phenoxy) is 3. The van der Waals surface area contributed by atoms with Crippen LogP contribution in [0.1, 0.15) is 12.5 Å². The Hall–Kier alpha value is -3.31. The zero-order chi connectivity index (χ0) is 23.4. The molecule has 1 aromatic rings. The number of fused-ring (bicyclic) bond motifs is 1. The van der Waals surface area contributed by atoms with E-state index in [4.69, 9.17) is 14.9 Å². The van der Waals surface area contributed by atoms with Crippen LogP contribution in [0.25, 0.3) is 0 Å². The van der Waals surface area contributed by atoms with Crippen LogP contribution < -0.4 is 20.3 Å². The zero-order valence-corrected chi connectivity index (χ0v) is 18.1. The van der Waals surface area contributed by atoms with Crippen LogP contribution in [0.5, 0.6) is 5.75 Å². The number of carbonyl (C=O) groups is 1. The van der Waals surface area contributed by atoms with Crippen molar-refractivity contribution in [2.45, 2.75) is 25.6 Å². The minimum atomic E-state index is -2.88. The minimum Gasteiger partial charge on any atom is -0.484 e. The van der Waals surface area contributed by atoms with Gasteiger partial charge in [0.2, 0.25) is 0 Å². The molecule has 1 fully saturated rings. The van der Waals surface area contributed by atoms with E-state index < -0.39 is 18.1 Å². The highest BCUT2D eigenvalue weighted by Crippen LogP contribution is 2.42. The molecule has 3 aliphatic rings. The molecule has 1 atom stereocenters. The van der Waals surface area contributed by atoms with Gasteiger partial charge in [-0.05, 0) is 19.1 Å². The molecule has 0 aromatic heterocycles. The van der Waals surface area contributed by atoms with E-state index in [1.165, 1.54) is 6.21 Å². The van der Waals surface area contributed by atoms with E-state index >= 15 is 0 Å². The number of nitrogens with zero attached hydrogens (tertiary/aromatic N) is 2. The smallest absolute Gasteiger partial charge is 0.345 e. The Kier molecular flexibility index (Phi) is 6.70. The van der Waals surface area contributed by atoms with Gasteiger partial charge in [0.15, 0.2) is 0 Å². The molecule has 3 N–H and O–H groups in total. The molecular formula is C22H25F2N5O4. The maximum atomic E-state index is 13.0. The second-order valence-electron chi connectivity index (χ2n) is 8.02. The molecule has 176 valence electrons. The minimum absolute atomic E-state index is 0.0652. The third-order valence-electron chi connectivity index (χ3n) is 5.46. The lowest BCUT2D eigenvalue weighted by molar-refractivity contribution is -0.158. The predicted molar refractivity (Wildman–Crippen MR) is 119 cm³/mol. The number of hydrogen-bond acceptors (Lipinski definition) is 8. The average molecular weight is 461 g/mol. The van der Waals surface area contributed by atoms with E-state index in [9.17, 15) is 13.6 Å². The first-order valence-electron chi connectivity index (χ1n) is 10.5. The van der Waals surface area contributed by atoms with Crippen LogP contribution in [-0.4, -0.2) is 63.5 Å². The van der Waals surface area contributed by atoms with Gasteiger partial charge in [-0.2, -0.15) is 8.78 Å². The largest absolute Gasteiger partial charge is 0.484 e. The third kappa shape index (κ3) is 5.20. The van der Waals surface area contributed by atoms with E-state index in [2.05, 4.69) is 25.3 Å². The lowest BCUT2D eigenvalue weighted by atomic mass is 9.99. The number of morpholine rings is 1. The first-order valence-corrected chi connectivity index (χ1v) is 10.5. The molecule has 1 saturated heterocycles. The summed E-state index contributed by atoms with van der Waals surface area (Å²) >= 11 is 0. The van der Waals surface area contributed by atoms with Gasteiger partial charge in [0.1, 0.15) is 17.2 Å². The fourth-order valence-corrected chi connectivity index (χ4v) is 3.94. The van der Waals surface area contributed by atoms with Crippen LogP contribution in [0.4, 0.5) is 20.2 Å². The molecule has 0 radical (unpaired) electrons. The number of aliphatic imine (C=N–C) groups is 1. The highest BCUT2D eigenvalue weighted by atomic mass is 19.3. The molecule has 1 amide bonds. The lowest BCUT2D eigenvalue weighted by Crippen LogP contribution is -2.37. The predicted octanol–water partition coefficient (Wildman–Crippen LogP) is 2.44. The van der Waals surface area contributed by atoms with Gasteiger partial charge >= 0.3 is 6.61 Å². The van der Waals surface area contributed by atoms with Gasteiger partial charge in [-0.15, -0.1) is 0 Å². The zero-order valence-electron chi connectivity index (χ0n) is 18.1. The summed E-state index contributed by atoms with van der Waals surface area (Å²) in [5.41, 5.74) is 1.13. The van der Waals surface area contributed by atoms with Gasteiger partial charge in [-0.1, -0.05) is 0 Å². The van der Waals surface area contributed by atoms with Crippen molar-refractivity contribution in [3.05, 3.63) is 41.4 Å². The van der Waals surface area contributed by atoms with Crippen LogP contribution >= 0.6 is 0 Å². The van der Waals surface area contributed by atoms with Gasteiger partial charge in [-0.3, -0.25) is 4.79 Å². The molecule has 0 bridgehead atoms. The Labute approximate surface area is 189 Å². The summed E-state index contributed by atoms with van der Waals surface area (Å²) in [7, 11) is 0. The van der Waals surface area contributed by atoms with Crippen LogP contribution in [0.3, 0.4) is 0 Å². The number of alkyl halides is 2. The topological polar surface area (TPSA) is 108 Å². The molecule has 3 aliphatic heterocycles. The number of halogens is 2. The van der Waals surface area contributed by atoms with Gasteiger partial charge in [0.25, 0.3) is 5.91 Å². The molecule has 3 heterocycles. The van der Waals surface area contributed by atoms with E-state index in [0.29, 0.717) is 44.2 Å². The maximum Gasteiger partial charge on any atom is 0.345 e. The van der Waals surface area contributed by atoms with Crippen molar-refractivity contribution >= 4 is 29.7 Å². The van der Waals surface area contributed by atoms with E-state index in [1.807, 2.05) is 0 Å². The number of rotatable bonds is 7. The first kappa shape index (κ1) is 22.9. The Balaban J connectivity index is 1.64. The number of anilines is 2. The van der Waals surface area contributed by atoms with Gasteiger partial charge < -0.3 is 35.2 Å². The lowest BCUT2D eigenvalue weighted by Gasteiger charge is -2.31. The van der Waals surface area contributed by atoms with Crippen molar-refractivity contribution in [1.29, 1.82) is 5.41 Å². The molecule has 33 heavy (non-hydrogen) atoms. The molecule has 9 nitrogen and oxygen atoms in total. The third-order valence-corrected chi connectivity index (χ3v) is 5.46. The molecule has 0 aliphatic carbocycles. The van der Waals surface area contributed by atoms with Crippen molar-refractivity contribution in [2.75, 3.05) is 43.1 Å². The van der Waals surface area contributed by atoms with Crippen LogP contribution in [0.2, 0.25) is 0 Å². The maximum absolute atomic E-state index is 13.0. The summed E-state index contributed by atoms with van der Waals surface area (Å²) in [6.07, 6.45) is 6.10. The van der Waals surface area contributed by atoms with Crippen molar-refractivity contribution in [1.82, 2.24) is 5.32 Å². The van der Waals surface area contributed by atoms with Crippen LogP contribution in [0, 0.1) is 5.41 Å². The summed E-state index contributed by atoms with van der Waals surface area (Å²) in [5.74, 6) is 0.320. The molecular weight excluding hydrogens is 436 g/mol. The summed E-state index contributed by atoms with van der Waals surface area (Å²) < 4.78 is 41.1. The van der Waals surface area contributed by atoms with Crippen molar-refractivity contribution in [3.8, 4) is 5.75 Å². The molecule has 4 rings (SSSR count). The molecule has 1 aromatic carbocycles. The quantitative estimate of drug-likeness (QED) is 0.425. The van der Waals surface area contributed by atoms with Gasteiger partial charge in [-0.25, -0.2) is 4.99 Å². The van der Waals surface area contributed by atoms with Crippen LogP contribution in [0.15, 0.2) is 40.8 Å². The van der Waals surface area contributed by atoms with E-state index in [0.717, 1.165) is 17.5 Å². The van der Waals surface area contributed by atoms with Crippen molar-refractivity contribution in [2.24, 2.45) is 4.99 Å². The number of benzene rings is 1. The Morgan fingerprint density at radius 2 is 2.21 bits per heavy atom. The second kappa shape index (κ2) is 9.67. The number of allylic oxidation sites excluding steroid dienone is 1. The van der Waals surface area contributed by atoms with Gasteiger partial charge in [0, 0.05) is 49.8 Å². The SMILES string of the molecule is C[C@@]1(COC(F)F)Cc2cc(NC(=O)/C(C=N)=C3\N=CC=CN3)c(N3CCOCC3)cc2O1. The highest BCUT2D eigenvalue weighted by molar-refractivity contribution is 6.18. The number of hydrogen-bond donors (Lipinski definition) is 3. The summed E-state index contributed by atoms with van der Waals surface area (Å²) in [4.78, 5) is 19.2. The van der Waals surface area contributed by atoms with E-state index in [1.54, 1.807) is 31.3 Å². The van der Waals surface area contributed by atoms with Crippen LogP contribution in [-0.2, 0) is 20.7 Å². The van der Waals surface area contributed by atoms with Gasteiger partial charge in [0.05, 0.1) is 36.8 Å². The molecule has 0 unspecified atom stereocenters. The van der Waals surface area contributed by atoms with Crippen molar-refractivity contribution in [3.63, 3.8) is 0 Å². The van der Waals surface area contributed by atoms with Crippen molar-refractivity contribution < 1.29 is 27.8 Å². The normalized spacial score (nSPS) is 23.1. The number of carbonyl (C=O) groups excluding carboxylic acids is 1. The average Bonchev–Trinajstić information content (AvgIpc) is 3.14. The standard InChI is InChI=1S/C22H25F2N5O4/c1-22(13-32-21(23)24)11-14-9-16(17(10-18(14)33-22)29-5-7-31-8-6-29)28-20(30)15(12-25)19-26-3-2-4-27-19/h2-4,9-10,12,21,25-26H,5-8,11,13H2,1H3,(H,28,30)/b19-15-,25-12?/t22-/m0/s1. The molecule has 0 spiro atoms. The summed E-state index contributed by atoms with van der Waals surface area (Å²) in [6, 6.07) is 3.59. The van der Waals surface area contributed by atoms with E-state index in [-0.39, 0.29) is 18.0 Å². The first-order chi connectivity index (χ1) is 15.9. The Morgan fingerprint density at radius 1 is 1.42 bits per heavy atom. The second-order valence-corrected chi connectivity index (χ2v) is 8.02. The highest BCUT2D eigenvalue weighted by Gasteiger charge is 2.37. The number of nitrogens with one attached hydrogen (secondary N) is 3.